The van der Waals surface area contributed by atoms with Crippen LogP contribution in [0.5, 0.6) is 0 Å². The molecule has 0 atom stereocenters. The molecule has 0 spiro atoms. The van der Waals surface area contributed by atoms with Gasteiger partial charge in [0.15, 0.2) is 7.28 Å². The molecule has 0 bridgehead atoms. The van der Waals surface area contributed by atoms with Crippen LogP contribution < -0.4 is 21.1 Å². The van der Waals surface area contributed by atoms with Crippen molar-refractivity contribution in [2.45, 2.75) is 45.4 Å². The molecule has 3 nitrogen and oxygen atoms in total. The predicted octanol–water partition coefficient (Wildman–Crippen LogP) is 14.6. The molecule has 5 heteroatoms. The normalized spacial score (nSPS) is 14.6. The van der Waals surface area contributed by atoms with Crippen LogP contribution in [0.2, 0.25) is 0 Å². The molecular weight excluding hydrogens is 806 g/mol. The molecule has 0 fully saturated rings. The summed E-state index contributed by atoms with van der Waals surface area (Å²) in [6, 6.07) is 56.9. The molecule has 1 radical (unpaired) electrons. The highest BCUT2D eigenvalue weighted by molar-refractivity contribution is 7.25. The highest BCUT2D eigenvalue weighted by atomic mass is 32.1. The molecule has 1 aliphatic carbocycles. The van der Waals surface area contributed by atoms with Crippen LogP contribution in [0.4, 0.5) is 17.1 Å². The second kappa shape index (κ2) is 13.5. The van der Waals surface area contributed by atoms with E-state index in [-0.39, 0.29) is 10.8 Å². The summed E-state index contributed by atoms with van der Waals surface area (Å²) in [4.78, 5) is 2.34. The fraction of sp³-hybridized carbons (Fsp3) is 0.133. The quantitative estimate of drug-likeness (QED) is 0.178. The maximum atomic E-state index is 4.66. The molecule has 8 aromatic carbocycles. The van der Waals surface area contributed by atoms with Gasteiger partial charge in [-0.3, -0.25) is 0 Å². The number of fused-ring (bicyclic) bond motifs is 12. The van der Waals surface area contributed by atoms with E-state index in [2.05, 4.69) is 228 Å². The van der Waals surface area contributed by atoms with Gasteiger partial charge in [0, 0.05) is 82.8 Å². The molecule has 3 aliphatic rings. The van der Waals surface area contributed by atoms with Gasteiger partial charge in [0.2, 0.25) is 0 Å². The molecule has 2 aromatic heterocycles. The lowest BCUT2D eigenvalue weighted by molar-refractivity contribution is 0.590. The van der Waals surface area contributed by atoms with Gasteiger partial charge in [-0.25, -0.2) is 0 Å². The van der Waals surface area contributed by atoms with Gasteiger partial charge in [0.1, 0.15) is 0 Å². The molecule has 4 heterocycles. The van der Waals surface area contributed by atoms with Crippen molar-refractivity contribution in [1.82, 2.24) is 4.57 Å². The molecule has 0 saturated heterocycles. The van der Waals surface area contributed by atoms with E-state index >= 15 is 0 Å². The molecule has 13 rings (SSSR count). The minimum Gasteiger partial charge on any atom is -0.355 e. The minimum absolute atomic E-state index is 0.0689. The van der Waals surface area contributed by atoms with Crippen LogP contribution in [0.1, 0.15) is 62.4 Å². The van der Waals surface area contributed by atoms with Crippen LogP contribution in [-0.2, 0) is 10.8 Å². The van der Waals surface area contributed by atoms with Crippen LogP contribution in [0.15, 0.2) is 164 Å². The van der Waals surface area contributed by atoms with Crippen molar-refractivity contribution in [1.29, 1.82) is 0 Å². The topological polar surface area (TPSA) is 20.2 Å². The first-order chi connectivity index (χ1) is 31.4. The smallest absolute Gasteiger partial charge is 0.197 e. The molecule has 0 unspecified atom stereocenters. The minimum atomic E-state index is -0.146. The molecule has 1 N–H and O–H groups in total. The summed E-state index contributed by atoms with van der Waals surface area (Å²) < 4.78 is 5.19. The summed E-state index contributed by atoms with van der Waals surface area (Å²) in [5.41, 5.74) is 22.9. The van der Waals surface area contributed by atoms with Gasteiger partial charge < -0.3 is 14.8 Å². The summed E-state index contributed by atoms with van der Waals surface area (Å²) in [7, 11) is 4.65. The molecule has 0 amide bonds. The second-order valence-electron chi connectivity index (χ2n) is 19.8. The highest BCUT2D eigenvalue weighted by Crippen LogP contribution is 2.52. The average Bonchev–Trinajstić information content (AvgIpc) is 3.91. The standard InChI is InChI=1S/C60H47BN3S/c1-34-27-51(35-15-9-8-10-16-35)63(7)52-32-54-49(30-42(34)52)61-57-40(25-26-41-45-29-46-39-18-12-14-20-55(39)65-56(46)33-53(45)64(54)58(41)57)44-28-43-38-17-11-13-19-47(38)60(5,6)48(43)31-50(44)62-37-23-21-36(22-24-37)59(2,3)4/h8-33,62H,1H2,2-7H3. The van der Waals surface area contributed by atoms with Crippen LogP contribution >= 0.6 is 11.3 Å². The molecule has 2 aliphatic heterocycles. The number of nitrogens with zero attached hydrogens (tertiary/aromatic N) is 2. The monoisotopic (exact) mass is 852 g/mol. The van der Waals surface area contributed by atoms with Gasteiger partial charge in [0.25, 0.3) is 0 Å². The van der Waals surface area contributed by atoms with E-state index in [1.54, 1.807) is 0 Å². The van der Waals surface area contributed by atoms with E-state index in [4.69, 9.17) is 0 Å². The number of thiophene rings is 1. The second-order valence-corrected chi connectivity index (χ2v) is 20.9. The van der Waals surface area contributed by atoms with Crippen molar-refractivity contribution < 1.29 is 0 Å². The van der Waals surface area contributed by atoms with E-state index in [1.807, 2.05) is 11.3 Å². The lowest BCUT2D eigenvalue weighted by Gasteiger charge is -2.33. The zero-order valence-electron chi connectivity index (χ0n) is 37.6. The Labute approximate surface area is 385 Å². The van der Waals surface area contributed by atoms with E-state index < -0.39 is 0 Å². The molecule has 65 heavy (non-hydrogen) atoms. The number of anilines is 3. The van der Waals surface area contributed by atoms with E-state index in [9.17, 15) is 0 Å². The third kappa shape index (κ3) is 5.55. The molecule has 0 saturated carbocycles. The van der Waals surface area contributed by atoms with Crippen LogP contribution in [0.25, 0.3) is 81.2 Å². The SMILES string of the molecule is C=C1C=C(c2ccccc2)N(C)c2cc3c(cc21)[B]c1c(-c2cc4c(cc2Nc2ccc(C(C)(C)C)cc2)C(C)(C)c2ccccc2-4)ccc2c4cc5c(cc4n-3c12)sc1ccccc15. The maximum Gasteiger partial charge on any atom is 0.197 e. The Morgan fingerprint density at radius 3 is 2.20 bits per heavy atom. The van der Waals surface area contributed by atoms with E-state index in [0.717, 1.165) is 33.9 Å². The fourth-order valence-corrected chi connectivity index (χ4v) is 12.3. The number of benzene rings is 8. The Bertz CT molecular complexity index is 3740. The molecular formula is C60H47BN3S. The number of hydrogen-bond donors (Lipinski definition) is 1. The van der Waals surface area contributed by atoms with Gasteiger partial charge in [-0.2, -0.15) is 0 Å². The van der Waals surface area contributed by atoms with Gasteiger partial charge in [-0.05, 0) is 110 Å². The van der Waals surface area contributed by atoms with E-state index in [1.165, 1.54) is 103 Å². The maximum absolute atomic E-state index is 4.66. The Kier molecular flexibility index (Phi) is 7.96. The number of aromatic nitrogens is 1. The first-order valence-electron chi connectivity index (χ1n) is 22.7. The Morgan fingerprint density at radius 2 is 1.38 bits per heavy atom. The number of allylic oxidation sites excluding steroid dienone is 2. The molecule has 10 aromatic rings. The zero-order valence-corrected chi connectivity index (χ0v) is 38.4. The largest absolute Gasteiger partial charge is 0.355 e. The summed E-state index contributed by atoms with van der Waals surface area (Å²) >= 11 is 1.88. The van der Waals surface area contributed by atoms with Crippen LogP contribution in [-0.4, -0.2) is 18.9 Å². The Balaban J connectivity index is 1.08. The van der Waals surface area contributed by atoms with Gasteiger partial charge >= 0.3 is 0 Å². The van der Waals surface area contributed by atoms with Gasteiger partial charge in [-0.15, -0.1) is 11.3 Å². The number of rotatable bonds is 4. The fourth-order valence-electron chi connectivity index (χ4n) is 11.2. The Hall–Kier alpha value is -7.08. The number of nitrogens with one attached hydrogen (secondary N) is 1. The highest BCUT2D eigenvalue weighted by Gasteiger charge is 2.37. The van der Waals surface area contributed by atoms with Crippen molar-refractivity contribution in [3.8, 4) is 27.9 Å². The van der Waals surface area contributed by atoms with Crippen molar-refractivity contribution in [3.05, 3.63) is 192 Å². The van der Waals surface area contributed by atoms with Gasteiger partial charge in [-0.1, -0.05) is 150 Å². The first kappa shape index (κ1) is 38.4. The zero-order chi connectivity index (χ0) is 44.1. The van der Waals surface area contributed by atoms with Crippen molar-refractivity contribution in [2.75, 3.05) is 17.3 Å². The lowest BCUT2D eigenvalue weighted by Crippen LogP contribution is -2.38. The Morgan fingerprint density at radius 1 is 0.615 bits per heavy atom. The van der Waals surface area contributed by atoms with Crippen molar-refractivity contribution >= 4 is 99.9 Å². The van der Waals surface area contributed by atoms with Crippen molar-refractivity contribution in [2.24, 2.45) is 0 Å². The lowest BCUT2D eigenvalue weighted by atomic mass is 9.58. The van der Waals surface area contributed by atoms with E-state index in [0.29, 0.717) is 0 Å². The number of hydrogen-bond acceptors (Lipinski definition) is 3. The summed E-state index contributed by atoms with van der Waals surface area (Å²) in [5.74, 6) is 0. The van der Waals surface area contributed by atoms with Crippen LogP contribution in [0.3, 0.4) is 0 Å². The van der Waals surface area contributed by atoms with Crippen molar-refractivity contribution in [3.63, 3.8) is 0 Å². The average molecular weight is 853 g/mol. The summed E-state index contributed by atoms with van der Waals surface area (Å²) in [5, 5.41) is 9.15. The van der Waals surface area contributed by atoms with Crippen LogP contribution in [0, 0.1) is 0 Å². The summed E-state index contributed by atoms with van der Waals surface area (Å²) in [6.07, 6.45) is 2.24. The predicted molar refractivity (Wildman–Crippen MR) is 282 cm³/mol. The third-order valence-electron chi connectivity index (χ3n) is 14.6. The summed E-state index contributed by atoms with van der Waals surface area (Å²) in [6.45, 7) is 16.2. The third-order valence-corrected chi connectivity index (χ3v) is 15.8. The molecule has 311 valence electrons. The van der Waals surface area contributed by atoms with Gasteiger partial charge in [0.05, 0.1) is 11.2 Å². The first-order valence-corrected chi connectivity index (χ1v) is 23.6.